The van der Waals surface area contributed by atoms with Gasteiger partial charge < -0.3 is 14.5 Å². The second-order valence-electron chi connectivity index (χ2n) is 7.77. The van der Waals surface area contributed by atoms with Crippen LogP contribution in [0.25, 0.3) is 0 Å². The maximum atomic E-state index is 13.5. The SMILES string of the molecule is COc1ccc(NC(=O)c2ccco2)cc1N(C(=O)Cc1ccccc1)C(=O)Cc1ccccc1. The maximum Gasteiger partial charge on any atom is 0.291 e. The molecular weight excluding hydrogens is 444 g/mol. The topological polar surface area (TPSA) is 88.8 Å². The first kappa shape index (κ1) is 23.5. The van der Waals surface area contributed by atoms with E-state index in [-0.39, 0.29) is 24.3 Å². The van der Waals surface area contributed by atoms with E-state index in [2.05, 4.69) is 5.32 Å². The third-order valence-electron chi connectivity index (χ3n) is 5.32. The minimum Gasteiger partial charge on any atom is -0.495 e. The van der Waals surface area contributed by atoms with E-state index in [1.165, 1.54) is 13.4 Å². The van der Waals surface area contributed by atoms with Gasteiger partial charge in [0.2, 0.25) is 11.8 Å². The third-order valence-corrected chi connectivity index (χ3v) is 5.32. The molecule has 0 aliphatic rings. The van der Waals surface area contributed by atoms with Gasteiger partial charge in [0.15, 0.2) is 5.76 Å². The molecule has 0 aliphatic heterocycles. The van der Waals surface area contributed by atoms with Gasteiger partial charge in [0.1, 0.15) is 5.75 Å². The van der Waals surface area contributed by atoms with Crippen LogP contribution in [0.15, 0.2) is 102 Å². The first-order valence-electron chi connectivity index (χ1n) is 11.0. The largest absolute Gasteiger partial charge is 0.495 e. The van der Waals surface area contributed by atoms with Gasteiger partial charge in [-0.05, 0) is 41.5 Å². The highest BCUT2D eigenvalue weighted by Gasteiger charge is 2.27. The number of ether oxygens (including phenoxy) is 1. The molecule has 3 aromatic carbocycles. The number of amides is 3. The molecule has 0 unspecified atom stereocenters. The van der Waals surface area contributed by atoms with Crippen molar-refractivity contribution in [2.45, 2.75) is 12.8 Å². The lowest BCUT2D eigenvalue weighted by Gasteiger charge is -2.24. The molecule has 0 bridgehead atoms. The Labute approximate surface area is 202 Å². The molecule has 0 atom stereocenters. The van der Waals surface area contributed by atoms with Crippen LogP contribution in [0.4, 0.5) is 11.4 Å². The molecule has 0 aliphatic carbocycles. The fourth-order valence-corrected chi connectivity index (χ4v) is 3.65. The van der Waals surface area contributed by atoms with Crippen LogP contribution >= 0.6 is 0 Å². The van der Waals surface area contributed by atoms with E-state index in [9.17, 15) is 14.4 Å². The number of nitrogens with zero attached hydrogens (tertiary/aromatic N) is 1. The molecule has 7 nitrogen and oxygen atoms in total. The number of hydrogen-bond acceptors (Lipinski definition) is 5. The van der Waals surface area contributed by atoms with E-state index >= 15 is 0 Å². The molecule has 0 radical (unpaired) electrons. The summed E-state index contributed by atoms with van der Waals surface area (Å²) in [4.78, 5) is 40.6. The lowest BCUT2D eigenvalue weighted by molar-refractivity contribution is -0.125. The zero-order chi connectivity index (χ0) is 24.6. The molecule has 7 heteroatoms. The summed E-state index contributed by atoms with van der Waals surface area (Å²) in [5, 5.41) is 2.73. The predicted molar refractivity (Wildman–Crippen MR) is 132 cm³/mol. The fraction of sp³-hybridized carbons (Fsp3) is 0.107. The van der Waals surface area contributed by atoms with Crippen molar-refractivity contribution in [3.8, 4) is 5.75 Å². The van der Waals surface area contributed by atoms with Crippen LogP contribution in [0, 0.1) is 0 Å². The van der Waals surface area contributed by atoms with Crippen LogP contribution in [-0.4, -0.2) is 24.8 Å². The Kier molecular flexibility index (Phi) is 7.37. The van der Waals surface area contributed by atoms with E-state index in [0.717, 1.165) is 16.0 Å². The summed E-state index contributed by atoms with van der Waals surface area (Å²) in [5.74, 6) is -0.817. The number of nitrogens with one attached hydrogen (secondary N) is 1. The van der Waals surface area contributed by atoms with Crippen molar-refractivity contribution in [2.24, 2.45) is 0 Å². The van der Waals surface area contributed by atoms with Crippen molar-refractivity contribution in [1.82, 2.24) is 0 Å². The number of anilines is 2. The summed E-state index contributed by atoms with van der Waals surface area (Å²) in [5.41, 5.74) is 2.17. The van der Waals surface area contributed by atoms with Gasteiger partial charge in [-0.1, -0.05) is 60.7 Å². The smallest absolute Gasteiger partial charge is 0.291 e. The molecule has 4 rings (SSSR count). The van der Waals surface area contributed by atoms with Crippen LogP contribution in [0.5, 0.6) is 5.75 Å². The average Bonchev–Trinajstić information content (AvgIpc) is 3.41. The number of carbonyl (C=O) groups is 3. The number of methoxy groups -OCH3 is 1. The van der Waals surface area contributed by atoms with E-state index in [4.69, 9.17) is 9.15 Å². The fourth-order valence-electron chi connectivity index (χ4n) is 3.65. The Bertz CT molecular complexity index is 1250. The molecule has 1 aromatic heterocycles. The highest BCUT2D eigenvalue weighted by atomic mass is 16.5. The number of carbonyl (C=O) groups excluding carboxylic acids is 3. The standard InChI is InChI=1S/C28H24N2O5/c1-34-24-15-14-22(29-28(33)25-13-8-16-35-25)19-23(24)30(26(31)17-20-9-4-2-5-10-20)27(32)18-21-11-6-3-7-12-21/h2-16,19H,17-18H2,1H3,(H,29,33). The second-order valence-corrected chi connectivity index (χ2v) is 7.77. The molecular formula is C28H24N2O5. The highest BCUT2D eigenvalue weighted by molar-refractivity contribution is 6.17. The van der Waals surface area contributed by atoms with Crippen molar-refractivity contribution < 1.29 is 23.5 Å². The van der Waals surface area contributed by atoms with Gasteiger partial charge in [0, 0.05) is 5.69 Å². The first-order chi connectivity index (χ1) is 17.0. The van der Waals surface area contributed by atoms with E-state index in [1.54, 1.807) is 30.3 Å². The molecule has 1 heterocycles. The Hall–Kier alpha value is -4.65. The summed E-state index contributed by atoms with van der Waals surface area (Å²) in [7, 11) is 1.46. The molecule has 176 valence electrons. The van der Waals surface area contributed by atoms with Crippen molar-refractivity contribution in [2.75, 3.05) is 17.3 Å². The summed E-state index contributed by atoms with van der Waals surface area (Å²) < 4.78 is 10.6. The maximum absolute atomic E-state index is 13.5. The molecule has 0 spiro atoms. The predicted octanol–water partition coefficient (Wildman–Crippen LogP) is 4.89. The highest BCUT2D eigenvalue weighted by Crippen LogP contribution is 2.33. The van der Waals surface area contributed by atoms with Crippen LogP contribution in [-0.2, 0) is 22.4 Å². The summed E-state index contributed by atoms with van der Waals surface area (Å²) in [6.07, 6.45) is 1.45. The average molecular weight is 469 g/mol. The van der Waals surface area contributed by atoms with Gasteiger partial charge in [-0.25, -0.2) is 4.90 Å². The Morgan fingerprint density at radius 1 is 0.800 bits per heavy atom. The molecule has 1 N–H and O–H groups in total. The molecule has 0 saturated heterocycles. The second kappa shape index (κ2) is 11.0. The van der Waals surface area contributed by atoms with E-state index < -0.39 is 17.7 Å². The van der Waals surface area contributed by atoms with Gasteiger partial charge in [0.05, 0.1) is 31.9 Å². The summed E-state index contributed by atoms with van der Waals surface area (Å²) in [6.45, 7) is 0. The molecule has 0 saturated carbocycles. The van der Waals surface area contributed by atoms with Crippen LogP contribution in [0.1, 0.15) is 21.7 Å². The third kappa shape index (κ3) is 5.83. The number of rotatable bonds is 8. The zero-order valence-corrected chi connectivity index (χ0v) is 19.1. The van der Waals surface area contributed by atoms with Crippen LogP contribution in [0.2, 0.25) is 0 Å². The Morgan fingerprint density at radius 2 is 1.40 bits per heavy atom. The van der Waals surface area contributed by atoms with Gasteiger partial charge in [0.25, 0.3) is 5.91 Å². The number of furan rings is 1. The number of imide groups is 1. The summed E-state index contributed by atoms with van der Waals surface area (Å²) >= 11 is 0. The molecule has 4 aromatic rings. The Morgan fingerprint density at radius 3 is 1.91 bits per heavy atom. The monoisotopic (exact) mass is 468 g/mol. The van der Waals surface area contributed by atoms with Crippen molar-refractivity contribution in [1.29, 1.82) is 0 Å². The van der Waals surface area contributed by atoms with Crippen LogP contribution < -0.4 is 15.0 Å². The minimum atomic E-state index is -0.455. The van der Waals surface area contributed by atoms with Gasteiger partial charge in [-0.2, -0.15) is 0 Å². The van der Waals surface area contributed by atoms with Crippen molar-refractivity contribution in [3.63, 3.8) is 0 Å². The van der Waals surface area contributed by atoms with Gasteiger partial charge >= 0.3 is 0 Å². The first-order valence-corrected chi connectivity index (χ1v) is 11.0. The normalized spacial score (nSPS) is 10.4. The van der Waals surface area contributed by atoms with Crippen molar-refractivity contribution in [3.05, 3.63) is 114 Å². The van der Waals surface area contributed by atoms with E-state index in [0.29, 0.717) is 11.4 Å². The van der Waals surface area contributed by atoms with Crippen LogP contribution in [0.3, 0.4) is 0 Å². The van der Waals surface area contributed by atoms with Gasteiger partial charge in [-0.3, -0.25) is 14.4 Å². The van der Waals surface area contributed by atoms with E-state index in [1.807, 2.05) is 60.7 Å². The molecule has 35 heavy (non-hydrogen) atoms. The number of benzene rings is 3. The number of hydrogen-bond donors (Lipinski definition) is 1. The minimum absolute atomic E-state index is 0.0213. The molecule has 3 amide bonds. The molecule has 0 fully saturated rings. The quantitative estimate of drug-likeness (QED) is 0.398. The zero-order valence-electron chi connectivity index (χ0n) is 19.1. The lowest BCUT2D eigenvalue weighted by atomic mass is 10.1. The van der Waals surface area contributed by atoms with Gasteiger partial charge in [-0.15, -0.1) is 0 Å². The van der Waals surface area contributed by atoms with Crippen molar-refractivity contribution >= 4 is 29.1 Å². The summed E-state index contributed by atoms with van der Waals surface area (Å²) in [6, 6.07) is 26.3. The lowest BCUT2D eigenvalue weighted by Crippen LogP contribution is -2.39. The Balaban J connectivity index is 1.69.